The molecule has 8 saturated heterocycles. The Labute approximate surface area is 590 Å². The van der Waals surface area contributed by atoms with E-state index in [0.717, 1.165) is 20.8 Å². The Balaban J connectivity index is 1.05. The lowest BCUT2D eigenvalue weighted by Gasteiger charge is -2.51. The van der Waals surface area contributed by atoms with Crippen molar-refractivity contribution in [2.45, 2.75) is 279 Å². The van der Waals surface area contributed by atoms with Crippen LogP contribution in [-0.2, 0) is 95.0 Å². The molecule has 46 nitrogen and oxygen atoms in total. The second-order valence-electron chi connectivity index (χ2n) is 26.1. The number of carbonyl (C=O) groups is 4. The molecule has 0 bridgehead atoms. The van der Waals surface area contributed by atoms with Gasteiger partial charge in [0.15, 0.2) is 50.3 Å². The lowest BCUT2D eigenvalue weighted by atomic mass is 9.94. The van der Waals surface area contributed by atoms with Crippen molar-refractivity contribution in [2.24, 2.45) is 0 Å². The maximum Gasteiger partial charge on any atom is 0.217 e. The third-order valence-electron chi connectivity index (χ3n) is 18.8. The van der Waals surface area contributed by atoms with Gasteiger partial charge in [0.25, 0.3) is 0 Å². The zero-order chi connectivity index (χ0) is 76.6. The molecule has 46 heteroatoms. The summed E-state index contributed by atoms with van der Waals surface area (Å²) in [6, 6.07) is -6.56. The molecule has 8 aliphatic heterocycles. The zero-order valence-electron chi connectivity index (χ0n) is 56.1. The fourth-order valence-corrected chi connectivity index (χ4v) is 13.1. The summed E-state index contributed by atoms with van der Waals surface area (Å²) in [6.45, 7) is -4.26. The van der Waals surface area contributed by atoms with Crippen LogP contribution in [-0.4, -0.2) is 447 Å². The number of hydrogen-bond donors (Lipinski definition) is 26. The van der Waals surface area contributed by atoms with Crippen LogP contribution in [0.15, 0.2) is 0 Å². The van der Waals surface area contributed by atoms with Crippen molar-refractivity contribution in [3.05, 3.63) is 0 Å². The molecule has 602 valence electrons. The molecule has 0 aromatic heterocycles. The van der Waals surface area contributed by atoms with Crippen LogP contribution in [0.25, 0.3) is 0 Å². The van der Waals surface area contributed by atoms with E-state index in [1.165, 1.54) is 6.92 Å². The first-order valence-corrected chi connectivity index (χ1v) is 33.2. The SMILES string of the molecule is CC(=O)N[C@H]1[C@H](O[C@H]2[C@@H](O)[C@@H](CO)O[C@@H](O[C@H]3[C@H](O)[C@@H](O)[C@H](OC[C@@H](CO)NC=O)O[C@@H]3CO)[C@@H]2O)O[C@H](CO)[C@@H](O[C@@H]2O[C@H](CO[C@@H]3O[C@H](CO)[C@@H](O[C@@H]4O[C@H](CO)[C@H](O)[C@H](O)[C@H]4O[C@@H]4O[C@@H](C)[C@@H](O)[C@@H](O)[C@@H]4O)[C@H](O)[C@H]3NC(C)=O)[C@H](O)[C@H](O[C@@H]3O[C@H](CO)[C@@H](O)[C@H](O)[C@H]3NC(C)=O)[C@H]2O)[C@@H]1O. The number of amides is 4. The summed E-state index contributed by atoms with van der Waals surface area (Å²) in [6.07, 6.45) is -72.6. The van der Waals surface area contributed by atoms with Crippen LogP contribution in [0.5, 0.6) is 0 Å². The summed E-state index contributed by atoms with van der Waals surface area (Å²) in [5.41, 5.74) is 0. The van der Waals surface area contributed by atoms with Crippen LogP contribution in [0.4, 0.5) is 0 Å². The highest BCUT2D eigenvalue weighted by atomic mass is 16.8. The lowest BCUT2D eigenvalue weighted by molar-refractivity contribution is -0.389. The minimum Gasteiger partial charge on any atom is -0.394 e. The average Bonchev–Trinajstić information content (AvgIpc) is 0.775. The Morgan fingerprint density at radius 1 is 0.337 bits per heavy atom. The molecule has 8 fully saturated rings. The maximum absolute atomic E-state index is 13.0. The van der Waals surface area contributed by atoms with Crippen molar-refractivity contribution < 1.29 is 207 Å². The van der Waals surface area contributed by atoms with Crippen molar-refractivity contribution in [3.8, 4) is 0 Å². The number of ether oxygens (including phenoxy) is 16. The normalized spacial score (nSPS) is 47.6. The van der Waals surface area contributed by atoms with Gasteiger partial charge in [0.05, 0.1) is 71.6 Å². The van der Waals surface area contributed by atoms with Gasteiger partial charge in [-0.1, -0.05) is 0 Å². The molecule has 0 aromatic carbocycles. The smallest absolute Gasteiger partial charge is 0.217 e. The third kappa shape index (κ3) is 19.4. The van der Waals surface area contributed by atoms with E-state index in [2.05, 4.69) is 21.3 Å². The zero-order valence-corrected chi connectivity index (χ0v) is 56.1. The van der Waals surface area contributed by atoms with Gasteiger partial charge in [0.2, 0.25) is 24.1 Å². The summed E-state index contributed by atoms with van der Waals surface area (Å²) in [5, 5.41) is 252. The van der Waals surface area contributed by atoms with E-state index < -0.39 is 329 Å². The van der Waals surface area contributed by atoms with Crippen LogP contribution in [0, 0.1) is 0 Å². The molecule has 8 aliphatic rings. The van der Waals surface area contributed by atoms with Crippen molar-refractivity contribution in [1.82, 2.24) is 21.3 Å². The van der Waals surface area contributed by atoms with E-state index in [1.807, 2.05) is 0 Å². The van der Waals surface area contributed by atoms with E-state index in [-0.39, 0.29) is 6.41 Å². The quantitative estimate of drug-likeness (QED) is 0.0297. The highest BCUT2D eigenvalue weighted by Crippen LogP contribution is 2.39. The Hall–Kier alpha value is -3.64. The fourth-order valence-electron chi connectivity index (χ4n) is 13.1. The minimum absolute atomic E-state index is 0.257. The predicted molar refractivity (Wildman–Crippen MR) is 322 cm³/mol. The van der Waals surface area contributed by atoms with Gasteiger partial charge in [0, 0.05) is 20.8 Å². The maximum atomic E-state index is 13.0. The highest BCUT2D eigenvalue weighted by Gasteiger charge is 2.60. The fraction of sp³-hybridized carbons (Fsp3) is 0.931. The molecule has 0 radical (unpaired) electrons. The van der Waals surface area contributed by atoms with Gasteiger partial charge in [-0.05, 0) is 6.92 Å². The second kappa shape index (κ2) is 38.3. The first kappa shape index (κ1) is 86.0. The molecule has 0 aliphatic carbocycles. The Kier molecular flexibility index (Phi) is 31.7. The number of hydrogen-bond acceptors (Lipinski definition) is 42. The average molecular weight is 1520 g/mol. The van der Waals surface area contributed by atoms with Gasteiger partial charge < -0.3 is 209 Å². The first-order valence-electron chi connectivity index (χ1n) is 33.2. The van der Waals surface area contributed by atoms with E-state index >= 15 is 0 Å². The molecule has 26 N–H and O–H groups in total. The van der Waals surface area contributed by atoms with Crippen LogP contribution in [0.1, 0.15) is 27.7 Å². The molecule has 104 heavy (non-hydrogen) atoms. The Bertz CT molecular complexity index is 2680. The number of carbonyl (C=O) groups excluding carboxylic acids is 4. The standard InChI is InChI=1S/C58H98N4O42/c1-15-30(74)38(82)41(85)55(91-15)104-50-39(83)32(76)21(7-65)94-58(50)101-46-23(9-67)95-51(28(36(46)80)61-17(3)72)90-13-26-34(78)49(103-52-27(60-16(2)71)35(79)31(75)20(6-64)92-52)44(88)57(98-26)99-45-24(10-68)96-53(29(37(45)81)62-18(4)73)102-48-33(77)22(8-66)93-56(43(48)87)100-47-25(11-69)97-54(42(86)40(47)84)89-12-19(5-63)59-14-70/h14-15,19-58,63-69,74-88H,5-13H2,1-4H3,(H,59,70)(H,60,71)(H,61,72)(H,62,73)/t15-,19+,20+,21+,22+,23+,24+,25+,26+,27+,28+,29+,30+,31+,32-,33-,34-,35+,36+,37+,38+,39-,40+,41-,42+,43+,44+,45+,46+,47+,48-,49-,50+,51+,52-,53-,54+,55-,56-,57-,58-/m0/s1. The molecule has 4 amide bonds. The lowest BCUT2D eigenvalue weighted by Crippen LogP contribution is -2.70. The molecule has 0 unspecified atom stereocenters. The largest absolute Gasteiger partial charge is 0.394 e. The molecular weight excluding hydrogens is 1420 g/mol. The first-order chi connectivity index (χ1) is 49.3. The number of nitrogens with one attached hydrogen (secondary N) is 4. The van der Waals surface area contributed by atoms with Crippen molar-refractivity contribution in [3.63, 3.8) is 0 Å². The summed E-state index contributed by atoms with van der Waals surface area (Å²) in [4.78, 5) is 49.4. The second-order valence-corrected chi connectivity index (χ2v) is 26.1. The third-order valence-corrected chi connectivity index (χ3v) is 18.8. The summed E-state index contributed by atoms with van der Waals surface area (Å²) < 4.78 is 93.8. The monoisotopic (exact) mass is 1520 g/mol. The molecule has 0 spiro atoms. The van der Waals surface area contributed by atoms with Crippen molar-refractivity contribution in [2.75, 3.05) is 59.5 Å². The van der Waals surface area contributed by atoms with Gasteiger partial charge >= 0.3 is 0 Å². The van der Waals surface area contributed by atoms with E-state index in [0.29, 0.717) is 0 Å². The van der Waals surface area contributed by atoms with Crippen LogP contribution < -0.4 is 21.3 Å². The summed E-state index contributed by atoms with van der Waals surface area (Å²) in [5.74, 6) is -2.71. The minimum atomic E-state index is -2.40. The van der Waals surface area contributed by atoms with Crippen molar-refractivity contribution >= 4 is 24.1 Å². The predicted octanol–water partition coefficient (Wildman–Crippen LogP) is -17.9. The van der Waals surface area contributed by atoms with E-state index in [1.54, 1.807) is 0 Å². The topological polar surface area (TPSA) is 709 Å². The molecule has 0 aromatic rings. The molecular formula is C58H98N4O42. The molecule has 41 atom stereocenters. The highest BCUT2D eigenvalue weighted by molar-refractivity contribution is 5.74. The molecule has 0 saturated carbocycles. The Morgan fingerprint density at radius 2 is 0.683 bits per heavy atom. The van der Waals surface area contributed by atoms with Crippen LogP contribution in [0.3, 0.4) is 0 Å². The van der Waals surface area contributed by atoms with Crippen molar-refractivity contribution in [1.29, 1.82) is 0 Å². The molecule has 8 rings (SSSR count). The van der Waals surface area contributed by atoms with Gasteiger partial charge in [-0.3, -0.25) is 19.2 Å². The summed E-state index contributed by atoms with van der Waals surface area (Å²) >= 11 is 0. The Morgan fingerprint density at radius 3 is 1.16 bits per heavy atom. The van der Waals surface area contributed by atoms with Gasteiger partial charge in [-0.25, -0.2) is 0 Å². The van der Waals surface area contributed by atoms with E-state index in [9.17, 15) is 132 Å². The van der Waals surface area contributed by atoms with Crippen LogP contribution >= 0.6 is 0 Å². The summed E-state index contributed by atoms with van der Waals surface area (Å²) in [7, 11) is 0. The van der Waals surface area contributed by atoms with Gasteiger partial charge in [-0.15, -0.1) is 0 Å². The van der Waals surface area contributed by atoms with Gasteiger partial charge in [-0.2, -0.15) is 0 Å². The van der Waals surface area contributed by atoms with Crippen LogP contribution in [0.2, 0.25) is 0 Å². The number of aliphatic hydroxyl groups is 22. The number of aliphatic hydroxyl groups excluding tert-OH is 22. The van der Waals surface area contributed by atoms with Gasteiger partial charge in [0.1, 0.15) is 189 Å². The molecule has 8 heterocycles. The van der Waals surface area contributed by atoms with E-state index in [4.69, 9.17) is 75.8 Å². The number of rotatable bonds is 30.